The molecule has 1 aromatic carbocycles. The number of aliphatic hydroxyl groups is 1. The van der Waals surface area contributed by atoms with E-state index in [0.29, 0.717) is 5.69 Å². The fraction of sp³-hybridized carbons (Fsp3) is 0.190. The highest BCUT2D eigenvalue weighted by Gasteiger charge is 2.16. The molecule has 0 saturated carbocycles. The summed E-state index contributed by atoms with van der Waals surface area (Å²) in [7, 11) is 1.43. The molecule has 0 aliphatic rings. The molecule has 0 aliphatic heterocycles. The van der Waals surface area contributed by atoms with E-state index in [0.717, 1.165) is 32.3 Å². The van der Waals surface area contributed by atoms with Crippen LogP contribution in [0, 0.1) is 5.82 Å². The number of anilines is 1. The van der Waals surface area contributed by atoms with E-state index in [1.165, 1.54) is 19.2 Å². The smallest absolute Gasteiger partial charge is 0.220 e. The number of aliphatic hydroxyl groups excluding tert-OH is 1. The maximum Gasteiger partial charge on any atom is 0.220 e. The number of halogens is 2. The lowest BCUT2D eigenvalue weighted by molar-refractivity contribution is 0.0325. The van der Waals surface area contributed by atoms with Gasteiger partial charge in [0.05, 0.1) is 11.4 Å². The van der Waals surface area contributed by atoms with Gasteiger partial charge >= 0.3 is 0 Å². The van der Waals surface area contributed by atoms with Crippen LogP contribution in [-0.4, -0.2) is 38.9 Å². The van der Waals surface area contributed by atoms with Crippen LogP contribution in [0.15, 0.2) is 53.3 Å². The van der Waals surface area contributed by atoms with Crippen LogP contribution >= 0.6 is 15.9 Å². The summed E-state index contributed by atoms with van der Waals surface area (Å²) < 4.78 is 18.5. The highest BCUT2D eigenvalue weighted by molar-refractivity contribution is 9.10. The molecule has 4 aromatic rings. The Morgan fingerprint density at radius 2 is 2.03 bits per heavy atom. The second-order valence-electron chi connectivity index (χ2n) is 6.48. The number of nitrogens with one attached hydrogen (secondary N) is 1. The number of benzene rings is 1. The van der Waals surface area contributed by atoms with Gasteiger partial charge in [-0.15, -0.1) is 0 Å². The highest BCUT2D eigenvalue weighted by atomic mass is 79.9. The zero-order valence-electron chi connectivity index (χ0n) is 16.4. The van der Waals surface area contributed by atoms with Gasteiger partial charge in [0, 0.05) is 40.8 Å². The number of pyridine rings is 1. The number of aromatic nitrogens is 4. The van der Waals surface area contributed by atoms with Gasteiger partial charge in [-0.1, -0.05) is 19.1 Å². The number of nitrogens with zero attached hydrogens (tertiary/aromatic N) is 3. The zero-order valence-corrected chi connectivity index (χ0v) is 18.0. The summed E-state index contributed by atoms with van der Waals surface area (Å²) in [6.45, 7) is 1.79. The average molecular weight is 474 g/mol. The van der Waals surface area contributed by atoms with E-state index in [-0.39, 0.29) is 24.5 Å². The van der Waals surface area contributed by atoms with Crippen LogP contribution in [0.5, 0.6) is 0 Å². The Hall–Kier alpha value is -2.88. The Labute approximate surface area is 181 Å². The second kappa shape index (κ2) is 9.75. The molecule has 3 aromatic heterocycles. The minimum atomic E-state index is -0.274. The first kappa shape index (κ1) is 21.8. The van der Waals surface area contributed by atoms with E-state index in [4.69, 9.17) is 10.8 Å². The molecule has 0 spiro atoms. The number of rotatable bonds is 4. The third-order valence-corrected chi connectivity index (χ3v) is 4.89. The maximum absolute atomic E-state index is 13.6. The Morgan fingerprint density at radius 1 is 1.27 bits per heavy atom. The highest BCUT2D eigenvalue weighted by Crippen LogP contribution is 2.31. The van der Waals surface area contributed by atoms with Crippen molar-refractivity contribution in [3.63, 3.8) is 0 Å². The predicted molar refractivity (Wildman–Crippen MR) is 117 cm³/mol. The summed E-state index contributed by atoms with van der Waals surface area (Å²) in [4.78, 5) is 16.2. The van der Waals surface area contributed by atoms with Crippen LogP contribution in [0.1, 0.15) is 24.1 Å². The van der Waals surface area contributed by atoms with Crippen molar-refractivity contribution in [1.29, 1.82) is 0 Å². The lowest BCUT2D eigenvalue weighted by Crippen LogP contribution is -2.05. The van der Waals surface area contributed by atoms with Gasteiger partial charge in [0.1, 0.15) is 18.3 Å². The topological polar surface area (TPSA) is 110 Å². The van der Waals surface area contributed by atoms with E-state index < -0.39 is 0 Å². The van der Waals surface area contributed by atoms with Gasteiger partial charge in [-0.2, -0.15) is 0 Å². The average Bonchev–Trinajstić information content (AvgIpc) is 3.16. The number of aromatic amines is 1. The SMILES string of the molecule is CC(c1cccc(F)c1)c1cc(-c2c[nH]c3ncc(Br)cc23)nc(N)n1.COCO. The summed E-state index contributed by atoms with van der Waals surface area (Å²) in [5, 5.41) is 8.59. The molecular formula is C21H21BrFN5O2. The first-order valence-corrected chi connectivity index (χ1v) is 9.85. The van der Waals surface area contributed by atoms with E-state index >= 15 is 0 Å². The summed E-state index contributed by atoms with van der Waals surface area (Å²) in [5.41, 5.74) is 9.86. The lowest BCUT2D eigenvalue weighted by Gasteiger charge is -2.13. The fourth-order valence-corrected chi connectivity index (χ4v) is 3.31. The van der Waals surface area contributed by atoms with Crippen molar-refractivity contribution in [2.45, 2.75) is 12.8 Å². The third kappa shape index (κ3) is 4.99. The number of fused-ring (bicyclic) bond motifs is 1. The van der Waals surface area contributed by atoms with Crippen molar-refractivity contribution in [1.82, 2.24) is 19.9 Å². The summed E-state index contributed by atoms with van der Waals surface area (Å²) in [6, 6.07) is 10.4. The lowest BCUT2D eigenvalue weighted by atomic mass is 9.96. The van der Waals surface area contributed by atoms with E-state index in [2.05, 4.69) is 40.6 Å². The standard InChI is InChI=1S/C19H15BrFN5.C2H6O2/c1-10(11-3-2-4-13(21)5-11)16-7-17(26-19(22)25-16)15-9-24-18-14(15)6-12(20)8-23-18;1-4-2-3/h2-10H,1H3,(H,23,24)(H2,22,25,26);3H,2H2,1H3. The van der Waals surface area contributed by atoms with Crippen molar-refractivity contribution in [3.8, 4) is 11.3 Å². The second-order valence-corrected chi connectivity index (χ2v) is 7.40. The predicted octanol–water partition coefficient (Wildman–Crippen LogP) is 4.24. The van der Waals surface area contributed by atoms with Gasteiger partial charge in [-0.25, -0.2) is 19.3 Å². The van der Waals surface area contributed by atoms with Gasteiger partial charge in [0.25, 0.3) is 0 Å². The minimum Gasteiger partial charge on any atom is -0.371 e. The zero-order chi connectivity index (χ0) is 21.7. The number of nitrogens with two attached hydrogens (primary N) is 1. The number of hydrogen-bond donors (Lipinski definition) is 3. The molecule has 4 N–H and O–H groups in total. The van der Waals surface area contributed by atoms with Gasteiger partial charge in [0.15, 0.2) is 0 Å². The van der Waals surface area contributed by atoms with Crippen LogP contribution in [0.25, 0.3) is 22.3 Å². The molecular weight excluding hydrogens is 453 g/mol. The Morgan fingerprint density at radius 3 is 2.73 bits per heavy atom. The van der Waals surface area contributed by atoms with Crippen molar-refractivity contribution in [3.05, 3.63) is 70.3 Å². The monoisotopic (exact) mass is 473 g/mol. The van der Waals surface area contributed by atoms with Crippen molar-refractivity contribution < 1.29 is 14.2 Å². The van der Waals surface area contributed by atoms with Crippen LogP contribution in [-0.2, 0) is 4.74 Å². The van der Waals surface area contributed by atoms with Crippen LogP contribution in [0.4, 0.5) is 10.3 Å². The molecule has 30 heavy (non-hydrogen) atoms. The number of methoxy groups -OCH3 is 1. The Bertz CT molecular complexity index is 1150. The minimum absolute atomic E-state index is 0.121. The van der Waals surface area contributed by atoms with Gasteiger partial charge in [0.2, 0.25) is 5.95 Å². The van der Waals surface area contributed by atoms with Crippen LogP contribution in [0.2, 0.25) is 0 Å². The normalized spacial score (nSPS) is 11.8. The Balaban J connectivity index is 0.000000589. The maximum atomic E-state index is 13.6. The molecule has 9 heteroatoms. The van der Waals surface area contributed by atoms with E-state index in [1.807, 2.05) is 31.3 Å². The molecule has 0 aliphatic carbocycles. The van der Waals surface area contributed by atoms with E-state index in [1.54, 1.807) is 12.3 Å². The summed E-state index contributed by atoms with van der Waals surface area (Å²) >= 11 is 3.44. The fourth-order valence-electron chi connectivity index (χ4n) is 2.98. The van der Waals surface area contributed by atoms with Crippen molar-refractivity contribution in [2.75, 3.05) is 19.6 Å². The molecule has 0 radical (unpaired) electrons. The Kier molecular flexibility index (Phi) is 7.09. The third-order valence-electron chi connectivity index (χ3n) is 4.46. The van der Waals surface area contributed by atoms with E-state index in [9.17, 15) is 4.39 Å². The molecule has 0 amide bonds. The van der Waals surface area contributed by atoms with Gasteiger partial charge in [-0.05, 0) is 45.8 Å². The summed E-state index contributed by atoms with van der Waals surface area (Å²) in [5.74, 6) is -0.216. The molecule has 1 unspecified atom stereocenters. The van der Waals surface area contributed by atoms with Crippen LogP contribution in [0.3, 0.4) is 0 Å². The molecule has 0 bridgehead atoms. The molecule has 156 valence electrons. The first-order valence-electron chi connectivity index (χ1n) is 9.05. The first-order chi connectivity index (χ1) is 14.4. The van der Waals surface area contributed by atoms with Crippen molar-refractivity contribution >= 4 is 32.9 Å². The molecule has 1 atom stereocenters. The number of nitrogen functional groups attached to an aromatic ring is 1. The quantitative estimate of drug-likeness (QED) is 0.382. The van der Waals surface area contributed by atoms with Crippen molar-refractivity contribution in [2.24, 2.45) is 0 Å². The van der Waals surface area contributed by atoms with Gasteiger partial charge in [-0.3, -0.25) is 0 Å². The van der Waals surface area contributed by atoms with Gasteiger partial charge < -0.3 is 20.6 Å². The molecule has 3 heterocycles. The number of ether oxygens (including phenoxy) is 1. The largest absolute Gasteiger partial charge is 0.371 e. The molecule has 0 fully saturated rings. The number of H-pyrrole nitrogens is 1. The van der Waals surface area contributed by atoms with Crippen LogP contribution < -0.4 is 5.73 Å². The molecule has 4 rings (SSSR count). The molecule has 0 saturated heterocycles. The molecule has 7 nitrogen and oxygen atoms in total. The summed E-state index contributed by atoms with van der Waals surface area (Å²) in [6.07, 6.45) is 3.58. The number of hydrogen-bond acceptors (Lipinski definition) is 6.